The lowest BCUT2D eigenvalue weighted by atomic mass is 10.1. The second-order valence-corrected chi connectivity index (χ2v) is 5.28. The van der Waals surface area contributed by atoms with Crippen LogP contribution in [-0.4, -0.2) is 25.5 Å². The number of halogens is 1. The highest BCUT2D eigenvalue weighted by Crippen LogP contribution is 2.19. The number of aryl methyl sites for hydroxylation is 1. The van der Waals surface area contributed by atoms with Gasteiger partial charge in [0.1, 0.15) is 18.4 Å². The molecule has 0 aliphatic heterocycles. The molecule has 1 aromatic carbocycles. The first kappa shape index (κ1) is 18.2. The summed E-state index contributed by atoms with van der Waals surface area (Å²) in [7, 11) is 0. The summed E-state index contributed by atoms with van der Waals surface area (Å²) in [5.74, 6) is 0.412. The van der Waals surface area contributed by atoms with E-state index in [1.54, 1.807) is 12.1 Å². The molecule has 0 radical (unpaired) electrons. The van der Waals surface area contributed by atoms with Crippen LogP contribution in [0.4, 0.5) is 4.39 Å². The highest BCUT2D eigenvalue weighted by molar-refractivity contribution is 5.45. The topological polar surface area (TPSA) is 42.2 Å². The zero-order valence-corrected chi connectivity index (χ0v) is 13.5. The number of allylic oxidation sites excluding steroid dienone is 1. The van der Waals surface area contributed by atoms with Crippen LogP contribution in [0.5, 0.6) is 5.75 Å². The molecule has 4 heteroatoms. The van der Waals surface area contributed by atoms with Crippen LogP contribution < -0.4 is 4.74 Å². The molecule has 22 heavy (non-hydrogen) atoms. The predicted molar refractivity (Wildman–Crippen MR) is 85.7 cm³/mol. The predicted octanol–water partition coefficient (Wildman–Crippen LogP) is 4.35. The Bertz CT molecular complexity index is 522. The summed E-state index contributed by atoms with van der Waals surface area (Å²) in [6.45, 7) is 5.76. The molecule has 1 unspecified atom stereocenters. The fraction of sp³-hybridized carbons (Fsp3) is 0.500. The molecule has 0 heterocycles. The van der Waals surface area contributed by atoms with Crippen molar-refractivity contribution in [2.24, 2.45) is 0 Å². The van der Waals surface area contributed by atoms with Gasteiger partial charge in [-0.2, -0.15) is 5.26 Å². The van der Waals surface area contributed by atoms with Crippen molar-refractivity contribution in [3.63, 3.8) is 0 Å². The van der Waals surface area contributed by atoms with Gasteiger partial charge in [-0.15, -0.1) is 0 Å². The zero-order valence-electron chi connectivity index (χ0n) is 13.5. The molecule has 1 aromatic rings. The third kappa shape index (κ3) is 6.73. The molecule has 0 amide bonds. The average Bonchev–Trinajstić information content (AvgIpc) is 2.51. The Morgan fingerprint density at radius 2 is 2.09 bits per heavy atom. The van der Waals surface area contributed by atoms with Gasteiger partial charge in [-0.1, -0.05) is 25.1 Å². The van der Waals surface area contributed by atoms with Crippen LogP contribution in [0.3, 0.4) is 0 Å². The second kappa shape index (κ2) is 9.97. The molecule has 0 spiro atoms. The summed E-state index contributed by atoms with van der Waals surface area (Å²) in [6.07, 6.45) is 4.64. The molecule has 0 bridgehead atoms. The van der Waals surface area contributed by atoms with Crippen molar-refractivity contribution in [2.45, 2.75) is 45.9 Å². The van der Waals surface area contributed by atoms with Crippen LogP contribution in [0.25, 0.3) is 0 Å². The van der Waals surface area contributed by atoms with Gasteiger partial charge in [-0.25, -0.2) is 4.39 Å². The number of benzene rings is 1. The van der Waals surface area contributed by atoms with Crippen molar-refractivity contribution in [3.8, 4) is 11.8 Å². The molecule has 120 valence electrons. The molecule has 0 saturated heterocycles. The third-order valence-electron chi connectivity index (χ3n) is 3.11. The Morgan fingerprint density at radius 3 is 2.77 bits per heavy atom. The Balaban J connectivity index is 2.36. The van der Waals surface area contributed by atoms with Gasteiger partial charge in [-0.3, -0.25) is 0 Å². The maximum absolute atomic E-state index is 13.8. The van der Waals surface area contributed by atoms with Crippen molar-refractivity contribution in [3.05, 3.63) is 41.5 Å². The van der Waals surface area contributed by atoms with E-state index in [-0.39, 0.29) is 19.3 Å². The molecule has 3 nitrogen and oxygen atoms in total. The van der Waals surface area contributed by atoms with Gasteiger partial charge in [-0.05, 0) is 44.4 Å². The maximum Gasteiger partial charge on any atom is 0.157 e. The van der Waals surface area contributed by atoms with Crippen LogP contribution in [0, 0.1) is 18.3 Å². The van der Waals surface area contributed by atoms with E-state index in [2.05, 4.69) is 19.1 Å². The molecular weight excluding hydrogens is 281 g/mol. The van der Waals surface area contributed by atoms with Crippen LogP contribution in [0.1, 0.15) is 37.8 Å². The minimum absolute atomic E-state index is 0.00508. The first-order chi connectivity index (χ1) is 10.6. The number of hydrogen-bond donors (Lipinski definition) is 0. The standard InChI is InChI=1S/C18H24FNO2/c1-4-5-6-7-15(3)21-12-17(19)13-22-18-9-8-14(2)10-16(18)11-20/h5-6,8-10,15,17H,4,7,12-13H2,1-3H3/b6-5-/t15?,17-/m0/s1. The molecule has 1 rings (SSSR count). The highest BCUT2D eigenvalue weighted by Gasteiger charge is 2.12. The summed E-state index contributed by atoms with van der Waals surface area (Å²) in [5, 5.41) is 9.03. The summed E-state index contributed by atoms with van der Waals surface area (Å²) in [6, 6.07) is 7.31. The van der Waals surface area contributed by atoms with Gasteiger partial charge in [0.15, 0.2) is 6.17 Å². The molecule has 0 saturated carbocycles. The van der Waals surface area contributed by atoms with Crippen LogP contribution in [0.15, 0.2) is 30.4 Å². The van der Waals surface area contributed by atoms with E-state index in [1.807, 2.05) is 26.0 Å². The average molecular weight is 305 g/mol. The molecular formula is C18H24FNO2. The van der Waals surface area contributed by atoms with Crippen molar-refractivity contribution < 1.29 is 13.9 Å². The minimum Gasteiger partial charge on any atom is -0.489 e. The second-order valence-electron chi connectivity index (χ2n) is 5.28. The summed E-state index contributed by atoms with van der Waals surface area (Å²) < 4.78 is 24.6. The number of hydrogen-bond acceptors (Lipinski definition) is 3. The number of alkyl halides is 1. The number of nitrogens with zero attached hydrogens (tertiary/aromatic N) is 1. The lowest BCUT2D eigenvalue weighted by Crippen LogP contribution is -2.22. The van der Waals surface area contributed by atoms with Crippen molar-refractivity contribution >= 4 is 0 Å². The molecule has 0 aliphatic rings. The van der Waals surface area contributed by atoms with Crippen LogP contribution in [0.2, 0.25) is 0 Å². The van der Waals surface area contributed by atoms with Crippen molar-refractivity contribution in [2.75, 3.05) is 13.2 Å². The van der Waals surface area contributed by atoms with Crippen molar-refractivity contribution in [1.82, 2.24) is 0 Å². The van der Waals surface area contributed by atoms with Gasteiger partial charge >= 0.3 is 0 Å². The third-order valence-corrected chi connectivity index (χ3v) is 3.11. The Morgan fingerprint density at radius 1 is 1.32 bits per heavy atom. The van der Waals surface area contributed by atoms with E-state index >= 15 is 0 Å². The molecule has 0 aromatic heterocycles. The smallest absolute Gasteiger partial charge is 0.157 e. The van der Waals surface area contributed by atoms with Gasteiger partial charge in [0.05, 0.1) is 18.3 Å². The minimum atomic E-state index is -1.22. The van der Waals surface area contributed by atoms with Crippen molar-refractivity contribution in [1.29, 1.82) is 5.26 Å². The van der Waals surface area contributed by atoms with E-state index < -0.39 is 6.17 Å². The molecule has 0 N–H and O–H groups in total. The van der Waals surface area contributed by atoms with E-state index in [0.717, 1.165) is 18.4 Å². The van der Waals surface area contributed by atoms with E-state index in [1.165, 1.54) is 0 Å². The lowest BCUT2D eigenvalue weighted by Gasteiger charge is -2.15. The Labute approximate surface area is 132 Å². The lowest BCUT2D eigenvalue weighted by molar-refractivity contribution is 0.0164. The van der Waals surface area contributed by atoms with Crippen LogP contribution >= 0.6 is 0 Å². The summed E-state index contributed by atoms with van der Waals surface area (Å²) >= 11 is 0. The van der Waals surface area contributed by atoms with Gasteiger partial charge in [0.2, 0.25) is 0 Å². The Hall–Kier alpha value is -1.86. The molecule has 0 aliphatic carbocycles. The normalized spacial score (nSPS) is 13.8. The largest absolute Gasteiger partial charge is 0.489 e. The number of ether oxygens (including phenoxy) is 2. The van der Waals surface area contributed by atoms with Gasteiger partial charge in [0, 0.05) is 0 Å². The monoisotopic (exact) mass is 305 g/mol. The first-order valence-electron chi connectivity index (χ1n) is 7.61. The Kier molecular flexibility index (Phi) is 8.24. The molecule has 0 fully saturated rings. The summed E-state index contributed by atoms with van der Waals surface area (Å²) in [4.78, 5) is 0. The fourth-order valence-corrected chi connectivity index (χ4v) is 1.88. The van der Waals surface area contributed by atoms with Crippen LogP contribution in [-0.2, 0) is 4.74 Å². The molecule has 2 atom stereocenters. The quantitative estimate of drug-likeness (QED) is 0.637. The van der Waals surface area contributed by atoms with E-state index in [0.29, 0.717) is 11.3 Å². The highest BCUT2D eigenvalue weighted by atomic mass is 19.1. The van der Waals surface area contributed by atoms with Gasteiger partial charge < -0.3 is 9.47 Å². The zero-order chi connectivity index (χ0) is 16.4. The first-order valence-corrected chi connectivity index (χ1v) is 7.61. The maximum atomic E-state index is 13.8. The fourth-order valence-electron chi connectivity index (χ4n) is 1.88. The van der Waals surface area contributed by atoms with E-state index in [4.69, 9.17) is 14.7 Å². The van der Waals surface area contributed by atoms with E-state index in [9.17, 15) is 4.39 Å². The number of nitriles is 1. The van der Waals surface area contributed by atoms with Gasteiger partial charge in [0.25, 0.3) is 0 Å². The SMILES string of the molecule is CC/C=C\CC(C)OC[C@H](F)COc1ccc(C)cc1C#N. The summed E-state index contributed by atoms with van der Waals surface area (Å²) in [5.41, 5.74) is 1.39. The number of rotatable bonds is 9.